The van der Waals surface area contributed by atoms with Crippen LogP contribution in [0.3, 0.4) is 0 Å². The summed E-state index contributed by atoms with van der Waals surface area (Å²) in [6.45, 7) is 0.988. The summed E-state index contributed by atoms with van der Waals surface area (Å²) in [7, 11) is 1.78. The van der Waals surface area contributed by atoms with E-state index in [2.05, 4.69) is 15.4 Å². The number of hydrogen-bond acceptors (Lipinski definition) is 3. The average Bonchev–Trinajstić information content (AvgIpc) is 3.07. The summed E-state index contributed by atoms with van der Waals surface area (Å²) in [4.78, 5) is 16.0. The molecule has 2 aromatic heterocycles. The fraction of sp³-hybridized carbons (Fsp3) is 0.214. The van der Waals surface area contributed by atoms with Gasteiger partial charge in [0.1, 0.15) is 24.2 Å². The minimum atomic E-state index is -0.314. The topological polar surface area (TPSA) is 64.7 Å². The van der Waals surface area contributed by atoms with Gasteiger partial charge in [0.05, 0.1) is 6.54 Å². The Kier molecular flexibility index (Phi) is 3.39. The molecule has 0 aliphatic carbocycles. The molecule has 1 aromatic carbocycles. The third kappa shape index (κ3) is 2.62. The third-order valence-corrected chi connectivity index (χ3v) is 3.33. The Morgan fingerprint density at radius 1 is 1.38 bits per heavy atom. The number of carbonyl (C=O) groups is 1. The Morgan fingerprint density at radius 2 is 2.24 bits per heavy atom. The van der Waals surface area contributed by atoms with Crippen molar-refractivity contribution >= 4 is 16.8 Å². The molecule has 7 heteroatoms. The molecule has 1 amide bonds. The van der Waals surface area contributed by atoms with Gasteiger partial charge in [0.15, 0.2) is 0 Å². The molecule has 0 radical (unpaired) electrons. The number of nitrogens with zero attached hydrogens (tertiary/aromatic N) is 4. The lowest BCUT2D eigenvalue weighted by Crippen LogP contribution is -2.28. The molecular weight excluding hydrogens is 273 g/mol. The number of halogens is 1. The summed E-state index contributed by atoms with van der Waals surface area (Å²) in [6, 6.07) is 6.15. The summed E-state index contributed by atoms with van der Waals surface area (Å²) < 4.78 is 16.6. The van der Waals surface area contributed by atoms with Crippen molar-refractivity contribution in [2.24, 2.45) is 7.05 Å². The van der Waals surface area contributed by atoms with Crippen molar-refractivity contribution in [2.75, 3.05) is 6.54 Å². The van der Waals surface area contributed by atoms with Gasteiger partial charge >= 0.3 is 0 Å². The molecule has 0 saturated carbocycles. The van der Waals surface area contributed by atoms with Gasteiger partial charge < -0.3 is 9.88 Å². The molecule has 3 aromatic rings. The molecule has 21 heavy (non-hydrogen) atoms. The average molecular weight is 287 g/mol. The lowest BCUT2D eigenvalue weighted by molar-refractivity contribution is 0.0944. The van der Waals surface area contributed by atoms with E-state index in [1.165, 1.54) is 18.5 Å². The second-order valence-corrected chi connectivity index (χ2v) is 4.71. The summed E-state index contributed by atoms with van der Waals surface area (Å²) >= 11 is 0. The van der Waals surface area contributed by atoms with Crippen molar-refractivity contribution in [3.63, 3.8) is 0 Å². The van der Waals surface area contributed by atoms with Crippen molar-refractivity contribution in [3.8, 4) is 0 Å². The monoisotopic (exact) mass is 287 g/mol. The normalized spacial score (nSPS) is 11.0. The van der Waals surface area contributed by atoms with Crippen molar-refractivity contribution in [2.45, 2.75) is 6.54 Å². The van der Waals surface area contributed by atoms with Crippen LogP contribution in [-0.2, 0) is 13.6 Å². The molecule has 3 rings (SSSR count). The van der Waals surface area contributed by atoms with Crippen molar-refractivity contribution in [1.29, 1.82) is 0 Å². The van der Waals surface area contributed by atoms with E-state index in [4.69, 9.17) is 0 Å². The summed E-state index contributed by atoms with van der Waals surface area (Å²) in [5.74, 6) is -0.513. The maximum Gasteiger partial charge on any atom is 0.267 e. The van der Waals surface area contributed by atoms with Crippen molar-refractivity contribution in [1.82, 2.24) is 24.6 Å². The first-order valence-corrected chi connectivity index (χ1v) is 6.51. The van der Waals surface area contributed by atoms with Gasteiger partial charge in [-0.3, -0.25) is 9.48 Å². The van der Waals surface area contributed by atoms with Gasteiger partial charge in [0, 0.05) is 24.5 Å². The summed E-state index contributed by atoms with van der Waals surface area (Å²) in [6.07, 6.45) is 3.03. The largest absolute Gasteiger partial charge is 0.349 e. The molecule has 0 atom stereocenters. The first-order valence-electron chi connectivity index (χ1n) is 6.51. The highest BCUT2D eigenvalue weighted by atomic mass is 19.1. The predicted octanol–water partition coefficient (Wildman–Crippen LogP) is 1.34. The van der Waals surface area contributed by atoms with Crippen LogP contribution in [0.1, 0.15) is 10.5 Å². The Bertz CT molecular complexity index is 778. The molecular formula is C14H14FN5O. The van der Waals surface area contributed by atoms with E-state index in [0.717, 1.165) is 5.52 Å². The zero-order chi connectivity index (χ0) is 14.8. The Labute approximate surface area is 120 Å². The lowest BCUT2D eigenvalue weighted by atomic mass is 10.2. The van der Waals surface area contributed by atoms with Gasteiger partial charge in [-0.25, -0.2) is 9.37 Å². The fourth-order valence-electron chi connectivity index (χ4n) is 2.26. The van der Waals surface area contributed by atoms with Crippen LogP contribution in [0.5, 0.6) is 0 Å². The first kappa shape index (κ1) is 13.3. The van der Waals surface area contributed by atoms with E-state index < -0.39 is 0 Å². The number of hydrogen-bond donors (Lipinski definition) is 1. The van der Waals surface area contributed by atoms with E-state index in [9.17, 15) is 9.18 Å². The lowest BCUT2D eigenvalue weighted by Gasteiger charge is -2.06. The smallest absolute Gasteiger partial charge is 0.267 e. The van der Waals surface area contributed by atoms with Crippen molar-refractivity contribution in [3.05, 3.63) is 48.4 Å². The van der Waals surface area contributed by atoms with Gasteiger partial charge in [-0.1, -0.05) is 0 Å². The highest BCUT2D eigenvalue weighted by molar-refractivity contribution is 5.98. The van der Waals surface area contributed by atoms with Crippen LogP contribution in [0.2, 0.25) is 0 Å². The first-order chi connectivity index (χ1) is 10.1. The number of fused-ring (bicyclic) bond motifs is 1. The molecule has 108 valence electrons. The molecule has 6 nitrogen and oxygen atoms in total. The minimum Gasteiger partial charge on any atom is -0.349 e. The zero-order valence-electron chi connectivity index (χ0n) is 11.5. The van der Waals surface area contributed by atoms with Gasteiger partial charge in [0.2, 0.25) is 0 Å². The van der Waals surface area contributed by atoms with Gasteiger partial charge in [-0.05, 0) is 24.3 Å². The van der Waals surface area contributed by atoms with Crippen LogP contribution < -0.4 is 5.32 Å². The maximum atomic E-state index is 13.2. The van der Waals surface area contributed by atoms with Gasteiger partial charge in [0.25, 0.3) is 5.91 Å². The minimum absolute atomic E-state index is 0.200. The highest BCUT2D eigenvalue weighted by Crippen LogP contribution is 2.19. The number of benzene rings is 1. The standard InChI is InChI=1S/C14H14FN5O/c1-19-12-3-2-11(15)6-10(12)7-13(19)14(21)17-4-5-20-9-16-8-18-20/h2-3,6-9H,4-5H2,1H3,(H,17,21). The molecule has 0 aliphatic rings. The second-order valence-electron chi connectivity index (χ2n) is 4.71. The molecule has 0 aliphatic heterocycles. The number of aromatic nitrogens is 4. The molecule has 2 heterocycles. The van der Waals surface area contributed by atoms with Crippen LogP contribution in [0.15, 0.2) is 36.9 Å². The SMILES string of the molecule is Cn1c(C(=O)NCCn2cncn2)cc2cc(F)ccc21. The predicted molar refractivity (Wildman–Crippen MR) is 75.2 cm³/mol. The van der Waals surface area contributed by atoms with E-state index in [1.807, 2.05) is 0 Å². The summed E-state index contributed by atoms with van der Waals surface area (Å²) in [5.41, 5.74) is 1.31. The molecule has 0 bridgehead atoms. The van der Waals surface area contributed by atoms with E-state index in [-0.39, 0.29) is 11.7 Å². The van der Waals surface area contributed by atoms with Gasteiger partial charge in [-0.15, -0.1) is 0 Å². The number of nitrogens with one attached hydrogen (secondary N) is 1. The Balaban J connectivity index is 1.73. The quantitative estimate of drug-likeness (QED) is 0.787. The fourth-order valence-corrected chi connectivity index (χ4v) is 2.26. The highest BCUT2D eigenvalue weighted by Gasteiger charge is 2.13. The van der Waals surface area contributed by atoms with E-state index >= 15 is 0 Å². The molecule has 1 N–H and O–H groups in total. The molecule has 0 saturated heterocycles. The van der Waals surface area contributed by atoms with Gasteiger partial charge in [-0.2, -0.15) is 5.10 Å². The van der Waals surface area contributed by atoms with E-state index in [0.29, 0.717) is 24.2 Å². The molecule has 0 unspecified atom stereocenters. The molecule has 0 fully saturated rings. The van der Waals surface area contributed by atoms with Crippen LogP contribution in [0.25, 0.3) is 10.9 Å². The zero-order valence-corrected chi connectivity index (χ0v) is 11.5. The van der Waals surface area contributed by atoms with Crippen LogP contribution in [0, 0.1) is 5.82 Å². The Morgan fingerprint density at radius 3 is 3.00 bits per heavy atom. The Hall–Kier alpha value is -2.70. The number of amides is 1. The second kappa shape index (κ2) is 5.35. The third-order valence-electron chi connectivity index (χ3n) is 3.33. The number of aryl methyl sites for hydroxylation is 1. The van der Waals surface area contributed by atoms with Crippen LogP contribution in [-0.4, -0.2) is 31.8 Å². The molecule has 0 spiro atoms. The van der Waals surface area contributed by atoms with Crippen LogP contribution in [0.4, 0.5) is 4.39 Å². The number of rotatable bonds is 4. The number of carbonyl (C=O) groups excluding carboxylic acids is 1. The maximum absolute atomic E-state index is 13.2. The van der Waals surface area contributed by atoms with E-state index in [1.54, 1.807) is 34.8 Å². The van der Waals surface area contributed by atoms with Crippen molar-refractivity contribution < 1.29 is 9.18 Å². The van der Waals surface area contributed by atoms with Crippen LogP contribution >= 0.6 is 0 Å². The summed E-state index contributed by atoms with van der Waals surface area (Å²) in [5, 5.41) is 7.47.